The van der Waals surface area contributed by atoms with Crippen molar-refractivity contribution >= 4 is 12.0 Å². The molecule has 2 amide bonds. The number of hydrogen-bond acceptors (Lipinski definition) is 3. The number of nitrogens with zero attached hydrogens (tertiary/aromatic N) is 1. The lowest BCUT2D eigenvalue weighted by Gasteiger charge is -2.23. The molecule has 6 heteroatoms. The third kappa shape index (κ3) is 6.11. The highest BCUT2D eigenvalue weighted by atomic mass is 16.5. The Morgan fingerprint density at radius 1 is 1.41 bits per heavy atom. The van der Waals surface area contributed by atoms with E-state index in [0.717, 1.165) is 0 Å². The average molecular weight is 246 g/mol. The molecule has 0 aliphatic rings. The van der Waals surface area contributed by atoms with Crippen molar-refractivity contribution in [3.8, 4) is 0 Å². The summed E-state index contributed by atoms with van der Waals surface area (Å²) >= 11 is 0. The molecular formula is C11H22N2O4. The van der Waals surface area contributed by atoms with Crippen molar-refractivity contribution in [2.75, 3.05) is 26.8 Å². The number of hydrogen-bond donors (Lipinski definition) is 2. The molecule has 0 unspecified atom stereocenters. The van der Waals surface area contributed by atoms with Crippen LogP contribution in [0.15, 0.2) is 0 Å². The third-order valence-corrected chi connectivity index (χ3v) is 2.41. The van der Waals surface area contributed by atoms with Gasteiger partial charge in [0.2, 0.25) is 0 Å². The smallest absolute Gasteiger partial charge is 0.326 e. The highest BCUT2D eigenvalue weighted by Crippen LogP contribution is 1.99. The molecule has 0 aromatic carbocycles. The molecule has 0 bridgehead atoms. The number of rotatable bonds is 8. The Morgan fingerprint density at radius 2 is 2.06 bits per heavy atom. The number of amides is 2. The number of carboxylic acid groups (broad SMARTS) is 1. The molecule has 2 N–H and O–H groups in total. The Labute approximate surface area is 102 Å². The fourth-order valence-electron chi connectivity index (χ4n) is 1.39. The number of ether oxygens (including phenoxy) is 1. The largest absolute Gasteiger partial charge is 0.480 e. The first-order valence-electron chi connectivity index (χ1n) is 5.83. The van der Waals surface area contributed by atoms with Gasteiger partial charge in [-0.2, -0.15) is 0 Å². The van der Waals surface area contributed by atoms with E-state index in [1.165, 1.54) is 4.90 Å². The van der Waals surface area contributed by atoms with Gasteiger partial charge in [0.1, 0.15) is 6.04 Å². The second-order valence-corrected chi connectivity index (χ2v) is 3.70. The van der Waals surface area contributed by atoms with Crippen LogP contribution in [0.5, 0.6) is 0 Å². The first-order valence-corrected chi connectivity index (χ1v) is 5.83. The van der Waals surface area contributed by atoms with E-state index in [0.29, 0.717) is 32.5 Å². The van der Waals surface area contributed by atoms with Crippen LogP contribution in [-0.4, -0.2) is 54.9 Å². The van der Waals surface area contributed by atoms with Gasteiger partial charge in [0.05, 0.1) is 6.61 Å². The number of carbonyl (C=O) groups is 2. The van der Waals surface area contributed by atoms with Crippen molar-refractivity contribution in [1.82, 2.24) is 10.2 Å². The summed E-state index contributed by atoms with van der Waals surface area (Å²) in [6, 6.07) is -1.17. The Hall–Kier alpha value is -1.30. The molecule has 17 heavy (non-hydrogen) atoms. The molecule has 0 aliphatic heterocycles. The minimum absolute atomic E-state index is 0.356. The molecule has 0 saturated carbocycles. The highest BCUT2D eigenvalue weighted by molar-refractivity contribution is 5.82. The summed E-state index contributed by atoms with van der Waals surface area (Å²) in [6.45, 7) is 5.13. The van der Waals surface area contributed by atoms with E-state index in [1.54, 1.807) is 7.11 Å². The second kappa shape index (κ2) is 8.81. The van der Waals surface area contributed by atoms with E-state index >= 15 is 0 Å². The molecule has 0 aromatic rings. The predicted octanol–water partition coefficient (Wildman–Crippen LogP) is 0.918. The normalized spacial score (nSPS) is 11.9. The van der Waals surface area contributed by atoms with Crippen molar-refractivity contribution in [3.63, 3.8) is 0 Å². The molecule has 0 fully saturated rings. The summed E-state index contributed by atoms with van der Waals surface area (Å²) in [5, 5.41) is 11.4. The molecule has 0 saturated heterocycles. The van der Waals surface area contributed by atoms with Crippen molar-refractivity contribution in [2.24, 2.45) is 0 Å². The molecule has 0 aromatic heterocycles. The molecule has 0 radical (unpaired) electrons. The van der Waals surface area contributed by atoms with Crippen LogP contribution in [0.25, 0.3) is 0 Å². The van der Waals surface area contributed by atoms with E-state index in [4.69, 9.17) is 9.84 Å². The summed E-state index contributed by atoms with van der Waals surface area (Å²) in [7, 11) is 1.56. The molecule has 6 nitrogen and oxygen atoms in total. The summed E-state index contributed by atoms with van der Waals surface area (Å²) in [5.41, 5.74) is 0. The van der Waals surface area contributed by atoms with Crippen LogP contribution < -0.4 is 5.32 Å². The van der Waals surface area contributed by atoms with Gasteiger partial charge in [-0.3, -0.25) is 0 Å². The molecule has 0 heterocycles. The lowest BCUT2D eigenvalue weighted by Crippen LogP contribution is -2.48. The van der Waals surface area contributed by atoms with Crippen LogP contribution in [0, 0.1) is 0 Å². The van der Waals surface area contributed by atoms with Gasteiger partial charge >= 0.3 is 12.0 Å². The molecule has 1 atom stereocenters. The predicted molar refractivity (Wildman–Crippen MR) is 64.0 cm³/mol. The number of methoxy groups -OCH3 is 1. The van der Waals surface area contributed by atoms with Crippen LogP contribution in [-0.2, 0) is 9.53 Å². The van der Waals surface area contributed by atoms with Gasteiger partial charge < -0.3 is 20.1 Å². The number of urea groups is 1. The lowest BCUT2D eigenvalue weighted by molar-refractivity contribution is -0.139. The van der Waals surface area contributed by atoms with Gasteiger partial charge in [0.15, 0.2) is 0 Å². The summed E-state index contributed by atoms with van der Waals surface area (Å²) < 4.78 is 4.89. The number of carbonyl (C=O) groups excluding carboxylic acids is 1. The monoisotopic (exact) mass is 246 g/mol. The maximum atomic E-state index is 11.8. The number of aliphatic carboxylic acids is 1. The quantitative estimate of drug-likeness (QED) is 0.667. The minimum atomic E-state index is -0.997. The first kappa shape index (κ1) is 15.7. The van der Waals surface area contributed by atoms with Crippen LogP contribution in [0.1, 0.15) is 26.7 Å². The van der Waals surface area contributed by atoms with Gasteiger partial charge in [-0.1, -0.05) is 13.3 Å². The molecule has 0 aliphatic carbocycles. The van der Waals surface area contributed by atoms with Crippen molar-refractivity contribution in [3.05, 3.63) is 0 Å². The van der Waals surface area contributed by atoms with Gasteiger partial charge in [-0.25, -0.2) is 9.59 Å². The Balaban J connectivity index is 4.30. The van der Waals surface area contributed by atoms with Crippen LogP contribution in [0.3, 0.4) is 0 Å². The van der Waals surface area contributed by atoms with Crippen LogP contribution in [0.4, 0.5) is 4.79 Å². The summed E-state index contributed by atoms with van der Waals surface area (Å²) in [5.74, 6) is -0.997. The average Bonchev–Trinajstić information content (AvgIpc) is 2.29. The van der Waals surface area contributed by atoms with Gasteiger partial charge in [-0.15, -0.1) is 0 Å². The van der Waals surface area contributed by atoms with Crippen molar-refractivity contribution in [1.29, 1.82) is 0 Å². The molecule has 0 rings (SSSR count). The van der Waals surface area contributed by atoms with E-state index < -0.39 is 12.0 Å². The fourth-order valence-corrected chi connectivity index (χ4v) is 1.39. The molecule has 100 valence electrons. The zero-order valence-electron chi connectivity index (χ0n) is 10.7. The summed E-state index contributed by atoms with van der Waals surface area (Å²) in [4.78, 5) is 24.2. The Kier molecular flexibility index (Phi) is 8.13. The van der Waals surface area contributed by atoms with E-state index in [9.17, 15) is 9.59 Å². The third-order valence-electron chi connectivity index (χ3n) is 2.41. The Morgan fingerprint density at radius 3 is 2.47 bits per heavy atom. The maximum Gasteiger partial charge on any atom is 0.326 e. The van der Waals surface area contributed by atoms with Crippen LogP contribution in [0.2, 0.25) is 0 Å². The maximum absolute atomic E-state index is 11.8. The Bertz CT molecular complexity index is 246. The zero-order chi connectivity index (χ0) is 13.3. The highest BCUT2D eigenvalue weighted by Gasteiger charge is 2.21. The summed E-state index contributed by atoms with van der Waals surface area (Å²) in [6.07, 6.45) is 1.14. The number of likely N-dealkylation sites (N-methyl/N-ethyl adjacent to an activating group) is 1. The SMILES string of the molecule is CCC[C@@H](NC(=O)N(CC)CCOC)C(=O)O. The van der Waals surface area contributed by atoms with Gasteiger partial charge in [0, 0.05) is 20.2 Å². The first-order chi connectivity index (χ1) is 8.06. The van der Waals surface area contributed by atoms with Gasteiger partial charge in [0.25, 0.3) is 0 Å². The fraction of sp³-hybridized carbons (Fsp3) is 0.818. The molecule has 0 spiro atoms. The standard InChI is InChI=1S/C11H22N2O4/c1-4-6-9(10(14)15)12-11(16)13(5-2)7-8-17-3/h9H,4-8H2,1-3H3,(H,12,16)(H,14,15)/t9-/m1/s1. The van der Waals surface area contributed by atoms with Crippen molar-refractivity contribution < 1.29 is 19.4 Å². The van der Waals surface area contributed by atoms with Gasteiger partial charge in [-0.05, 0) is 13.3 Å². The topological polar surface area (TPSA) is 78.9 Å². The number of nitrogens with one attached hydrogen (secondary N) is 1. The second-order valence-electron chi connectivity index (χ2n) is 3.70. The number of carboxylic acids is 1. The minimum Gasteiger partial charge on any atom is -0.480 e. The van der Waals surface area contributed by atoms with E-state index in [-0.39, 0.29) is 6.03 Å². The van der Waals surface area contributed by atoms with Crippen LogP contribution >= 0.6 is 0 Å². The lowest BCUT2D eigenvalue weighted by atomic mass is 10.2. The van der Waals surface area contributed by atoms with Crippen molar-refractivity contribution in [2.45, 2.75) is 32.7 Å². The van der Waals surface area contributed by atoms with E-state index in [1.807, 2.05) is 13.8 Å². The van der Waals surface area contributed by atoms with E-state index in [2.05, 4.69) is 5.32 Å². The zero-order valence-corrected chi connectivity index (χ0v) is 10.7. The molecular weight excluding hydrogens is 224 g/mol.